The zero-order valence-electron chi connectivity index (χ0n) is 10.2. The van der Waals surface area contributed by atoms with Crippen LogP contribution in [-0.4, -0.2) is 48.7 Å². The van der Waals surface area contributed by atoms with E-state index in [0.717, 1.165) is 0 Å². The molecular weight excluding hydrogens is 242 g/mol. The third kappa shape index (κ3) is 2.22. The molecule has 0 saturated carbocycles. The van der Waals surface area contributed by atoms with Gasteiger partial charge in [0.1, 0.15) is 4.90 Å². The fourth-order valence-corrected chi connectivity index (χ4v) is 3.89. The van der Waals surface area contributed by atoms with Crippen LogP contribution in [0.2, 0.25) is 0 Å². The summed E-state index contributed by atoms with van der Waals surface area (Å²) >= 11 is 0. The second-order valence-corrected chi connectivity index (χ2v) is 6.18. The summed E-state index contributed by atoms with van der Waals surface area (Å²) in [5.41, 5.74) is 1.10. The number of aromatic nitrogens is 2. The summed E-state index contributed by atoms with van der Waals surface area (Å²) in [5.74, 6) is 0. The van der Waals surface area contributed by atoms with E-state index in [1.165, 1.54) is 4.31 Å². The lowest BCUT2D eigenvalue weighted by atomic mass is 10.3. The minimum atomic E-state index is -3.45. The van der Waals surface area contributed by atoms with Crippen LogP contribution in [0.15, 0.2) is 4.90 Å². The van der Waals surface area contributed by atoms with Crippen molar-refractivity contribution in [2.75, 3.05) is 19.7 Å². The largest absolute Gasteiger partial charge is 0.376 e. The highest BCUT2D eigenvalue weighted by molar-refractivity contribution is 7.89. The highest BCUT2D eigenvalue weighted by Crippen LogP contribution is 2.23. The minimum absolute atomic E-state index is 0.0639. The van der Waals surface area contributed by atoms with Gasteiger partial charge in [0.15, 0.2) is 0 Å². The van der Waals surface area contributed by atoms with Crippen LogP contribution in [0.4, 0.5) is 0 Å². The van der Waals surface area contributed by atoms with Gasteiger partial charge in [0.2, 0.25) is 10.0 Å². The van der Waals surface area contributed by atoms with Crippen LogP contribution in [0.3, 0.4) is 0 Å². The lowest BCUT2D eigenvalue weighted by Crippen LogP contribution is -2.44. The number of nitrogens with zero attached hydrogens (tertiary/aromatic N) is 2. The topological polar surface area (TPSA) is 75.3 Å². The van der Waals surface area contributed by atoms with Crippen LogP contribution < -0.4 is 0 Å². The first-order valence-electron chi connectivity index (χ1n) is 5.56. The molecule has 2 rings (SSSR count). The zero-order chi connectivity index (χ0) is 12.6. The molecule has 17 heavy (non-hydrogen) atoms. The van der Waals surface area contributed by atoms with E-state index in [0.29, 0.717) is 36.0 Å². The number of morpholine rings is 1. The Morgan fingerprint density at radius 3 is 2.71 bits per heavy atom. The highest BCUT2D eigenvalue weighted by atomic mass is 32.2. The summed E-state index contributed by atoms with van der Waals surface area (Å²) in [5, 5.41) is 6.64. The first-order chi connectivity index (χ1) is 7.93. The number of ether oxygens (including phenoxy) is 1. The van der Waals surface area contributed by atoms with Crippen molar-refractivity contribution < 1.29 is 13.2 Å². The summed E-state index contributed by atoms with van der Waals surface area (Å²) in [6, 6.07) is 0. The molecule has 0 radical (unpaired) electrons. The molecule has 0 aromatic carbocycles. The van der Waals surface area contributed by atoms with Gasteiger partial charge in [-0.1, -0.05) is 0 Å². The van der Waals surface area contributed by atoms with E-state index in [4.69, 9.17) is 4.74 Å². The Morgan fingerprint density at radius 1 is 1.47 bits per heavy atom. The van der Waals surface area contributed by atoms with Gasteiger partial charge in [-0.25, -0.2) is 8.42 Å². The van der Waals surface area contributed by atoms with Crippen molar-refractivity contribution in [3.63, 3.8) is 0 Å². The van der Waals surface area contributed by atoms with Gasteiger partial charge in [-0.05, 0) is 20.8 Å². The fourth-order valence-electron chi connectivity index (χ4n) is 2.05. The molecule has 1 aliphatic rings. The van der Waals surface area contributed by atoms with Crippen LogP contribution in [0, 0.1) is 13.8 Å². The van der Waals surface area contributed by atoms with Gasteiger partial charge in [0.05, 0.1) is 24.1 Å². The van der Waals surface area contributed by atoms with Crippen LogP contribution in [-0.2, 0) is 14.8 Å². The summed E-state index contributed by atoms with van der Waals surface area (Å²) < 4.78 is 31.7. The van der Waals surface area contributed by atoms with E-state index in [1.54, 1.807) is 13.8 Å². The number of aryl methyl sites for hydroxylation is 2. The van der Waals surface area contributed by atoms with Crippen LogP contribution in [0.25, 0.3) is 0 Å². The van der Waals surface area contributed by atoms with Crippen LogP contribution in [0.1, 0.15) is 18.3 Å². The Kier molecular flexibility index (Phi) is 3.24. The predicted octanol–water partition coefficient (Wildman–Crippen LogP) is 0.436. The molecule has 1 atom stereocenters. The second kappa shape index (κ2) is 4.40. The maximum atomic E-state index is 12.4. The third-order valence-electron chi connectivity index (χ3n) is 2.86. The fraction of sp³-hybridized carbons (Fsp3) is 0.700. The summed E-state index contributed by atoms with van der Waals surface area (Å²) in [7, 11) is -3.45. The second-order valence-electron chi connectivity index (χ2n) is 4.31. The van der Waals surface area contributed by atoms with E-state index < -0.39 is 10.0 Å². The van der Waals surface area contributed by atoms with Crippen LogP contribution >= 0.6 is 0 Å². The molecule has 96 valence electrons. The lowest BCUT2D eigenvalue weighted by molar-refractivity contribution is 0.0101. The summed E-state index contributed by atoms with van der Waals surface area (Å²) in [6.45, 7) is 6.52. The highest BCUT2D eigenvalue weighted by Gasteiger charge is 2.32. The van der Waals surface area contributed by atoms with Gasteiger partial charge in [-0.3, -0.25) is 5.10 Å². The quantitative estimate of drug-likeness (QED) is 0.836. The van der Waals surface area contributed by atoms with Gasteiger partial charge in [-0.2, -0.15) is 9.40 Å². The van der Waals surface area contributed by atoms with Crippen molar-refractivity contribution in [3.8, 4) is 0 Å². The Hall–Kier alpha value is -0.920. The number of hydrogen-bond donors (Lipinski definition) is 1. The monoisotopic (exact) mass is 259 g/mol. The van der Waals surface area contributed by atoms with E-state index in [-0.39, 0.29) is 6.10 Å². The molecule has 1 N–H and O–H groups in total. The SMILES string of the molecule is Cc1n[nH]c(C)c1S(=O)(=O)N1CCO[C@H](C)C1. The first kappa shape index (κ1) is 12.5. The number of hydrogen-bond acceptors (Lipinski definition) is 4. The smallest absolute Gasteiger partial charge is 0.246 e. The molecule has 1 aromatic rings. The van der Waals surface area contributed by atoms with Crippen molar-refractivity contribution in [2.24, 2.45) is 0 Å². The normalized spacial score (nSPS) is 22.9. The van der Waals surface area contributed by atoms with Crippen molar-refractivity contribution in [1.29, 1.82) is 0 Å². The third-order valence-corrected chi connectivity index (χ3v) is 4.99. The molecule has 0 spiro atoms. The first-order valence-corrected chi connectivity index (χ1v) is 7.00. The summed E-state index contributed by atoms with van der Waals surface area (Å²) in [4.78, 5) is 0.298. The van der Waals surface area contributed by atoms with Gasteiger partial charge in [0, 0.05) is 13.1 Å². The molecule has 2 heterocycles. The number of H-pyrrole nitrogens is 1. The van der Waals surface area contributed by atoms with Crippen molar-refractivity contribution in [2.45, 2.75) is 31.8 Å². The molecular formula is C10H17N3O3S. The molecule has 1 aliphatic heterocycles. The summed E-state index contributed by atoms with van der Waals surface area (Å²) in [6.07, 6.45) is -0.0639. The maximum absolute atomic E-state index is 12.4. The maximum Gasteiger partial charge on any atom is 0.246 e. The van der Waals surface area contributed by atoms with Crippen molar-refractivity contribution in [1.82, 2.24) is 14.5 Å². The van der Waals surface area contributed by atoms with Crippen molar-refractivity contribution >= 4 is 10.0 Å². The van der Waals surface area contributed by atoms with Crippen LogP contribution in [0.5, 0.6) is 0 Å². The Bertz CT molecular complexity index is 489. The molecule has 6 nitrogen and oxygen atoms in total. The Labute approximate surface area is 101 Å². The predicted molar refractivity (Wildman–Crippen MR) is 62.2 cm³/mol. The molecule has 1 fully saturated rings. The van der Waals surface area contributed by atoms with Gasteiger partial charge in [-0.15, -0.1) is 0 Å². The van der Waals surface area contributed by atoms with Gasteiger partial charge < -0.3 is 4.74 Å². The van der Waals surface area contributed by atoms with E-state index in [1.807, 2.05) is 6.92 Å². The number of aromatic amines is 1. The average molecular weight is 259 g/mol. The number of sulfonamides is 1. The number of rotatable bonds is 2. The average Bonchev–Trinajstić information content (AvgIpc) is 2.59. The van der Waals surface area contributed by atoms with Gasteiger partial charge in [0.25, 0.3) is 0 Å². The van der Waals surface area contributed by atoms with E-state index in [2.05, 4.69) is 10.2 Å². The zero-order valence-corrected chi connectivity index (χ0v) is 11.0. The van der Waals surface area contributed by atoms with E-state index in [9.17, 15) is 8.42 Å². The Morgan fingerprint density at radius 2 is 2.18 bits per heavy atom. The van der Waals surface area contributed by atoms with E-state index >= 15 is 0 Å². The molecule has 0 bridgehead atoms. The lowest BCUT2D eigenvalue weighted by Gasteiger charge is -2.30. The minimum Gasteiger partial charge on any atom is -0.376 e. The van der Waals surface area contributed by atoms with Crippen molar-refractivity contribution in [3.05, 3.63) is 11.4 Å². The molecule has 0 aliphatic carbocycles. The standard InChI is InChI=1S/C10H17N3O3S/c1-7-6-13(4-5-16-7)17(14,15)10-8(2)11-12-9(10)3/h7H,4-6H2,1-3H3,(H,11,12)/t7-/m1/s1. The molecule has 1 saturated heterocycles. The number of nitrogens with one attached hydrogen (secondary N) is 1. The molecule has 0 amide bonds. The molecule has 1 aromatic heterocycles. The Balaban J connectivity index is 2.36. The van der Waals surface area contributed by atoms with Gasteiger partial charge >= 0.3 is 0 Å². The molecule has 0 unspecified atom stereocenters. The molecule has 7 heteroatoms.